The smallest absolute Gasteiger partial charge is 0.187 e. The average molecular weight is 1000 g/mol. The van der Waals surface area contributed by atoms with Crippen LogP contribution in [0.2, 0.25) is 0 Å². The van der Waals surface area contributed by atoms with Crippen LogP contribution in [0.5, 0.6) is 0 Å². The van der Waals surface area contributed by atoms with Crippen LogP contribution in [0, 0.1) is 17.3 Å². The van der Waals surface area contributed by atoms with E-state index in [4.69, 9.17) is 37.9 Å². The average Bonchev–Trinajstić information content (AvgIpc) is 3.37. The fraction of sp³-hybridized carbons (Fsp3) is 1.00. The Bertz CT molecular complexity index is 1330. The quantitative estimate of drug-likeness (QED) is 0.0446. The van der Waals surface area contributed by atoms with Crippen molar-refractivity contribution in [2.24, 2.45) is 17.3 Å². The van der Waals surface area contributed by atoms with Crippen LogP contribution in [0.3, 0.4) is 0 Å². The van der Waals surface area contributed by atoms with Gasteiger partial charge in [0, 0.05) is 5.41 Å². The molecule has 20 atom stereocenters. The van der Waals surface area contributed by atoms with Gasteiger partial charge in [-0.3, -0.25) is 0 Å². The Morgan fingerprint density at radius 3 is 1.04 bits per heavy atom. The molecule has 14 N–H and O–H groups in total. The molecule has 0 aromatic rings. The minimum atomic E-state index is -1.83. The topological polar surface area (TPSA) is 357 Å². The Balaban J connectivity index is 1.19. The van der Waals surface area contributed by atoms with Crippen LogP contribution in [0.15, 0.2) is 0 Å². The van der Waals surface area contributed by atoms with Gasteiger partial charge < -0.3 is 109 Å². The summed E-state index contributed by atoms with van der Waals surface area (Å²) in [6, 6.07) is 0. The van der Waals surface area contributed by atoms with Gasteiger partial charge >= 0.3 is 0 Å². The van der Waals surface area contributed by atoms with Gasteiger partial charge in [0.2, 0.25) is 0 Å². The number of hydrogen-bond acceptors (Lipinski definition) is 22. The van der Waals surface area contributed by atoms with Crippen molar-refractivity contribution in [1.82, 2.24) is 0 Å². The number of rotatable bonds is 24. The summed E-state index contributed by atoms with van der Waals surface area (Å²) in [6.07, 6.45) is -14.2. The van der Waals surface area contributed by atoms with Crippen molar-refractivity contribution < 1.29 is 109 Å². The summed E-state index contributed by atoms with van der Waals surface area (Å²) in [5, 5.41) is 148. The summed E-state index contributed by atoms with van der Waals surface area (Å²) in [5.41, 5.74) is -0.863. The Morgan fingerprint density at radius 2 is 0.696 bits per heavy atom. The molecule has 8 unspecified atom stereocenters. The van der Waals surface area contributed by atoms with Crippen LogP contribution in [0.1, 0.15) is 116 Å². The van der Waals surface area contributed by atoms with E-state index in [1.165, 1.54) is 64.2 Å². The van der Waals surface area contributed by atoms with Crippen LogP contribution in [-0.4, -0.2) is 234 Å². The molecule has 22 nitrogen and oxygen atoms in total. The first-order chi connectivity index (χ1) is 33.1. The molecule has 4 heterocycles. The molecule has 0 aromatic heterocycles. The third-order valence-electron chi connectivity index (χ3n) is 15.6. The lowest BCUT2D eigenvalue weighted by atomic mass is 9.77. The van der Waals surface area contributed by atoms with E-state index in [2.05, 4.69) is 0 Å². The molecule has 6 rings (SSSR count). The largest absolute Gasteiger partial charge is 0.394 e. The highest BCUT2D eigenvalue weighted by Gasteiger charge is 2.53. The van der Waals surface area contributed by atoms with Gasteiger partial charge in [-0.2, -0.15) is 0 Å². The SMILES string of the molecule is OCC1O[C@@H](OCC(CCCCC2CCCCC2)(CCCCC2CCCCC2)CO[C@@H]2OC(CO)[C@@H](O[C@H]3OC(CO)[C@@H](O)[C@H](O)C3O)C(O)[C@@H]2O)[C@@H](O)C(O)[C@@H]1O[C@H]1OC(CO)[C@@H](O)[C@H](O)C1O. The Labute approximate surface area is 404 Å². The van der Waals surface area contributed by atoms with E-state index in [1.54, 1.807) is 0 Å². The van der Waals surface area contributed by atoms with E-state index < -0.39 is 155 Å². The first kappa shape index (κ1) is 57.4. The zero-order chi connectivity index (χ0) is 49.8. The van der Waals surface area contributed by atoms with Gasteiger partial charge in [-0.15, -0.1) is 0 Å². The molecule has 0 spiro atoms. The highest BCUT2D eigenvalue weighted by atomic mass is 16.8. The zero-order valence-electron chi connectivity index (χ0n) is 39.7. The number of hydrogen-bond donors (Lipinski definition) is 14. The maximum Gasteiger partial charge on any atom is 0.187 e. The molecule has 69 heavy (non-hydrogen) atoms. The van der Waals surface area contributed by atoms with Crippen molar-refractivity contribution >= 4 is 0 Å². The van der Waals surface area contributed by atoms with Gasteiger partial charge in [0.25, 0.3) is 0 Å². The minimum Gasteiger partial charge on any atom is -0.394 e. The van der Waals surface area contributed by atoms with Crippen LogP contribution in [0.4, 0.5) is 0 Å². The van der Waals surface area contributed by atoms with Crippen molar-refractivity contribution in [3.8, 4) is 0 Å². The van der Waals surface area contributed by atoms with Gasteiger partial charge in [0.15, 0.2) is 25.2 Å². The third-order valence-corrected chi connectivity index (χ3v) is 15.6. The van der Waals surface area contributed by atoms with Gasteiger partial charge in [0.05, 0.1) is 39.6 Å². The maximum absolute atomic E-state index is 11.5. The second-order valence-corrected chi connectivity index (χ2v) is 20.6. The van der Waals surface area contributed by atoms with Crippen molar-refractivity contribution in [2.75, 3.05) is 39.6 Å². The molecule has 0 radical (unpaired) electrons. The van der Waals surface area contributed by atoms with E-state index in [9.17, 15) is 71.5 Å². The standard InChI is InChI=1S/C47H84O22/c48-19-27-31(52)33(54)37(58)45(64-27)68-41-29(21-50)66-43(39(60)35(41)56)62-23-47(17-9-7-15-25-11-3-1-4-12-25,18-10-8-16-26-13-5-2-6-14-26)24-63-44-40(61)36(57)42(30(22-51)67-44)69-46-38(59)34(55)32(53)28(20-49)65-46/h25-46,48-61H,1-24H2/t27?,28?,29?,30?,31-,32-,33+,34+,35?,36?,37?,38?,39+,40+,41-,42-,43-,44-,45-,46-/m1/s1. The fourth-order valence-corrected chi connectivity index (χ4v) is 11.2. The minimum absolute atomic E-state index is 0.123. The molecule has 0 amide bonds. The summed E-state index contributed by atoms with van der Waals surface area (Å²) < 4.78 is 47.2. The van der Waals surface area contributed by atoms with Crippen molar-refractivity contribution in [1.29, 1.82) is 0 Å². The van der Waals surface area contributed by atoms with E-state index >= 15 is 0 Å². The number of ether oxygens (including phenoxy) is 8. The zero-order valence-corrected chi connectivity index (χ0v) is 39.7. The summed E-state index contributed by atoms with van der Waals surface area (Å²) in [6.45, 7) is -3.23. The molecule has 22 heteroatoms. The normalized spacial score (nSPS) is 42.2. The van der Waals surface area contributed by atoms with E-state index in [-0.39, 0.29) is 13.2 Å². The monoisotopic (exact) mass is 1000 g/mol. The molecular weight excluding hydrogens is 916 g/mol. The number of aliphatic hydroxyl groups excluding tert-OH is 14. The molecule has 404 valence electrons. The molecule has 6 aliphatic rings. The first-order valence-electron chi connectivity index (χ1n) is 25.6. The first-order valence-corrected chi connectivity index (χ1v) is 25.6. The molecule has 0 aromatic carbocycles. The second kappa shape index (κ2) is 27.6. The van der Waals surface area contributed by atoms with E-state index in [0.717, 1.165) is 38.5 Å². The molecule has 2 aliphatic carbocycles. The van der Waals surface area contributed by atoms with Crippen molar-refractivity contribution in [3.63, 3.8) is 0 Å². The predicted octanol–water partition coefficient (Wildman–Crippen LogP) is -2.46. The summed E-state index contributed by atoms with van der Waals surface area (Å²) in [5.74, 6) is 1.25. The van der Waals surface area contributed by atoms with Gasteiger partial charge in [-0.1, -0.05) is 103 Å². The maximum atomic E-state index is 11.5. The molecule has 6 fully saturated rings. The molecule has 4 saturated heterocycles. The number of unbranched alkanes of at least 4 members (excludes halogenated alkanes) is 2. The Kier molecular flexibility index (Phi) is 23.0. The second-order valence-electron chi connectivity index (χ2n) is 20.6. The van der Waals surface area contributed by atoms with Gasteiger partial charge in [-0.25, -0.2) is 0 Å². The lowest BCUT2D eigenvalue weighted by Crippen LogP contribution is -2.65. The fourth-order valence-electron chi connectivity index (χ4n) is 11.2. The number of aliphatic hydroxyl groups is 14. The summed E-state index contributed by atoms with van der Waals surface area (Å²) >= 11 is 0. The summed E-state index contributed by atoms with van der Waals surface area (Å²) in [7, 11) is 0. The third kappa shape index (κ3) is 14.7. The molecular formula is C47H84O22. The molecule has 4 aliphatic heterocycles. The van der Waals surface area contributed by atoms with Crippen LogP contribution in [0.25, 0.3) is 0 Å². The van der Waals surface area contributed by atoms with Crippen LogP contribution in [-0.2, 0) is 37.9 Å². The highest BCUT2D eigenvalue weighted by Crippen LogP contribution is 2.39. The van der Waals surface area contributed by atoms with Crippen molar-refractivity contribution in [3.05, 3.63) is 0 Å². The van der Waals surface area contributed by atoms with Gasteiger partial charge in [0.1, 0.15) is 97.7 Å². The lowest BCUT2D eigenvalue weighted by Gasteiger charge is -2.47. The Hall–Kier alpha value is -0.880. The predicted molar refractivity (Wildman–Crippen MR) is 237 cm³/mol. The van der Waals surface area contributed by atoms with Crippen LogP contribution >= 0.6 is 0 Å². The molecule has 0 bridgehead atoms. The van der Waals surface area contributed by atoms with Gasteiger partial charge in [-0.05, 0) is 24.7 Å². The molecule has 2 saturated carbocycles. The Morgan fingerprint density at radius 1 is 0.362 bits per heavy atom. The summed E-state index contributed by atoms with van der Waals surface area (Å²) in [4.78, 5) is 0. The van der Waals surface area contributed by atoms with Crippen LogP contribution < -0.4 is 0 Å². The van der Waals surface area contributed by atoms with E-state index in [0.29, 0.717) is 24.7 Å². The van der Waals surface area contributed by atoms with E-state index in [1.807, 2.05) is 0 Å². The highest BCUT2D eigenvalue weighted by molar-refractivity contribution is 4.97. The van der Waals surface area contributed by atoms with Crippen molar-refractivity contribution in [2.45, 2.75) is 238 Å². The lowest BCUT2D eigenvalue weighted by molar-refractivity contribution is -0.365.